The van der Waals surface area contributed by atoms with E-state index >= 15 is 0 Å². The zero-order valence-corrected chi connectivity index (χ0v) is 9.96. The maximum atomic E-state index is 14.0. The van der Waals surface area contributed by atoms with E-state index in [1.54, 1.807) is 0 Å². The van der Waals surface area contributed by atoms with Gasteiger partial charge < -0.3 is 4.98 Å². The van der Waals surface area contributed by atoms with Crippen LogP contribution in [0.4, 0.5) is 30.7 Å². The molecule has 0 amide bonds. The summed E-state index contributed by atoms with van der Waals surface area (Å²) in [5.74, 6) is 0. The maximum Gasteiger partial charge on any atom is 0.437 e. The molecule has 1 aromatic heterocycles. The fraction of sp³-hybridized carbons (Fsp3) is 0.333. The van der Waals surface area contributed by atoms with Crippen LogP contribution >= 0.6 is 0 Å². The Balaban J connectivity index is 2.80. The second-order valence-corrected chi connectivity index (χ2v) is 4.32. The van der Waals surface area contributed by atoms with E-state index in [0.717, 1.165) is 6.92 Å². The molecule has 0 bridgehead atoms. The molecular formula is C12H8F7N. The van der Waals surface area contributed by atoms with Gasteiger partial charge in [0, 0.05) is 10.9 Å². The highest BCUT2D eigenvalue weighted by molar-refractivity contribution is 5.84. The number of aromatic amines is 1. The molecule has 0 aliphatic heterocycles. The summed E-state index contributed by atoms with van der Waals surface area (Å²) in [5.41, 5.74) is -7.37. The lowest BCUT2D eigenvalue weighted by Crippen LogP contribution is -2.51. The number of aromatic nitrogens is 1. The quantitative estimate of drug-likeness (QED) is 0.730. The number of aryl methyl sites for hydroxylation is 1. The third-order valence-electron chi connectivity index (χ3n) is 3.09. The number of hydrogen-bond donors (Lipinski definition) is 1. The molecule has 110 valence electrons. The number of benzene rings is 1. The highest BCUT2D eigenvalue weighted by atomic mass is 19.4. The van der Waals surface area contributed by atoms with Crippen molar-refractivity contribution in [2.45, 2.75) is 24.9 Å². The van der Waals surface area contributed by atoms with Crippen molar-refractivity contribution in [2.24, 2.45) is 0 Å². The van der Waals surface area contributed by atoms with Crippen molar-refractivity contribution in [3.63, 3.8) is 0 Å². The normalized spacial score (nSPS) is 14.0. The third kappa shape index (κ3) is 1.85. The van der Waals surface area contributed by atoms with Gasteiger partial charge in [-0.15, -0.1) is 0 Å². The Morgan fingerprint density at radius 3 is 1.80 bits per heavy atom. The predicted molar refractivity (Wildman–Crippen MR) is 57.9 cm³/mol. The monoisotopic (exact) mass is 299 g/mol. The molecule has 1 N–H and O–H groups in total. The van der Waals surface area contributed by atoms with Crippen LogP contribution in [-0.2, 0) is 5.67 Å². The molecule has 0 saturated heterocycles. The van der Waals surface area contributed by atoms with Crippen molar-refractivity contribution < 1.29 is 30.7 Å². The molecule has 0 radical (unpaired) electrons. The van der Waals surface area contributed by atoms with E-state index in [1.165, 1.54) is 24.3 Å². The van der Waals surface area contributed by atoms with E-state index < -0.39 is 29.3 Å². The fourth-order valence-electron chi connectivity index (χ4n) is 2.07. The van der Waals surface area contributed by atoms with Crippen LogP contribution in [0.15, 0.2) is 24.3 Å². The predicted octanol–water partition coefficient (Wildman–Crippen LogP) is 4.77. The van der Waals surface area contributed by atoms with Gasteiger partial charge in [0.25, 0.3) is 0 Å². The van der Waals surface area contributed by atoms with Crippen LogP contribution in [-0.4, -0.2) is 17.3 Å². The minimum atomic E-state index is -6.11. The largest absolute Gasteiger partial charge is 0.437 e. The van der Waals surface area contributed by atoms with Gasteiger partial charge in [0.15, 0.2) is 0 Å². The summed E-state index contributed by atoms with van der Waals surface area (Å²) in [4.78, 5) is 1.90. The Labute approximate surface area is 108 Å². The third-order valence-corrected chi connectivity index (χ3v) is 3.09. The first kappa shape index (κ1) is 14.7. The summed E-state index contributed by atoms with van der Waals surface area (Å²) in [6, 6.07) is 5.45. The van der Waals surface area contributed by atoms with Crippen LogP contribution in [0.2, 0.25) is 0 Å². The lowest BCUT2D eigenvalue weighted by Gasteiger charge is -2.29. The van der Waals surface area contributed by atoms with Gasteiger partial charge in [-0.05, 0) is 18.6 Å². The minimum Gasteiger partial charge on any atom is -0.355 e. The second-order valence-electron chi connectivity index (χ2n) is 4.32. The van der Waals surface area contributed by atoms with Crippen molar-refractivity contribution in [1.82, 2.24) is 4.98 Å². The summed E-state index contributed by atoms with van der Waals surface area (Å²) < 4.78 is 90.0. The lowest BCUT2D eigenvalue weighted by molar-refractivity contribution is -0.350. The van der Waals surface area contributed by atoms with Gasteiger partial charge >= 0.3 is 18.0 Å². The summed E-state index contributed by atoms with van der Waals surface area (Å²) in [7, 11) is 0. The SMILES string of the molecule is Cc1c(C(F)(C(F)(F)F)C(F)(F)F)[nH]c2ccccc12. The van der Waals surface area contributed by atoms with E-state index in [0.29, 0.717) is 0 Å². The molecule has 0 saturated carbocycles. The number of rotatable bonds is 1. The summed E-state index contributed by atoms with van der Waals surface area (Å²) in [5, 5.41) is 0.109. The first-order valence-corrected chi connectivity index (χ1v) is 5.40. The highest BCUT2D eigenvalue weighted by Gasteiger charge is 2.74. The fourth-order valence-corrected chi connectivity index (χ4v) is 2.07. The van der Waals surface area contributed by atoms with Crippen molar-refractivity contribution in [1.29, 1.82) is 0 Å². The molecule has 0 spiro atoms. The smallest absolute Gasteiger partial charge is 0.355 e. The first-order chi connectivity index (χ1) is 9.00. The topological polar surface area (TPSA) is 15.8 Å². The number of alkyl halides is 7. The van der Waals surface area contributed by atoms with Crippen LogP contribution < -0.4 is 0 Å². The van der Waals surface area contributed by atoms with Crippen molar-refractivity contribution in [3.05, 3.63) is 35.5 Å². The molecule has 0 unspecified atom stereocenters. The molecule has 0 aliphatic rings. The molecule has 8 heteroatoms. The van der Waals surface area contributed by atoms with Gasteiger partial charge in [0.05, 0.1) is 5.69 Å². The van der Waals surface area contributed by atoms with Crippen LogP contribution in [0, 0.1) is 6.92 Å². The van der Waals surface area contributed by atoms with Crippen molar-refractivity contribution >= 4 is 10.9 Å². The summed E-state index contributed by atoms with van der Waals surface area (Å²) >= 11 is 0. The number of nitrogens with one attached hydrogen (secondary N) is 1. The Hall–Kier alpha value is -1.73. The van der Waals surface area contributed by atoms with E-state index in [-0.39, 0.29) is 10.9 Å². The van der Waals surface area contributed by atoms with E-state index in [9.17, 15) is 30.7 Å². The van der Waals surface area contributed by atoms with Gasteiger partial charge in [0.2, 0.25) is 0 Å². The molecule has 20 heavy (non-hydrogen) atoms. The zero-order valence-electron chi connectivity index (χ0n) is 9.96. The number of fused-ring (bicyclic) bond motifs is 1. The second kappa shape index (κ2) is 4.13. The highest BCUT2D eigenvalue weighted by Crippen LogP contribution is 2.54. The molecule has 2 rings (SSSR count). The van der Waals surface area contributed by atoms with Crippen LogP contribution in [0.3, 0.4) is 0 Å². The van der Waals surface area contributed by atoms with E-state index in [2.05, 4.69) is 0 Å². The Morgan fingerprint density at radius 1 is 0.850 bits per heavy atom. The number of H-pyrrole nitrogens is 1. The summed E-state index contributed by atoms with van der Waals surface area (Å²) in [6.45, 7) is 1.01. The number of para-hydroxylation sites is 1. The van der Waals surface area contributed by atoms with Crippen molar-refractivity contribution in [2.75, 3.05) is 0 Å². The molecule has 1 nitrogen and oxygen atoms in total. The molecule has 1 aromatic carbocycles. The minimum absolute atomic E-state index is 0.00975. The molecular weight excluding hydrogens is 291 g/mol. The van der Waals surface area contributed by atoms with E-state index in [1.807, 2.05) is 4.98 Å². The molecule has 0 fully saturated rings. The molecule has 0 aliphatic carbocycles. The Bertz CT molecular complexity index is 621. The lowest BCUT2D eigenvalue weighted by atomic mass is 9.96. The summed E-state index contributed by atoms with van der Waals surface area (Å²) in [6.07, 6.45) is -12.2. The average molecular weight is 299 g/mol. The zero-order chi connectivity index (χ0) is 15.3. The van der Waals surface area contributed by atoms with E-state index in [4.69, 9.17) is 0 Å². The number of hydrogen-bond acceptors (Lipinski definition) is 0. The van der Waals surface area contributed by atoms with Crippen molar-refractivity contribution in [3.8, 4) is 0 Å². The van der Waals surface area contributed by atoms with Crippen LogP contribution in [0.25, 0.3) is 10.9 Å². The van der Waals surface area contributed by atoms with Crippen LogP contribution in [0.5, 0.6) is 0 Å². The molecule has 2 aromatic rings. The van der Waals surface area contributed by atoms with Gasteiger partial charge in [-0.1, -0.05) is 18.2 Å². The Kier molecular flexibility index (Phi) is 3.03. The van der Waals surface area contributed by atoms with Gasteiger partial charge in [-0.25, -0.2) is 4.39 Å². The van der Waals surface area contributed by atoms with Gasteiger partial charge in [0.1, 0.15) is 0 Å². The van der Waals surface area contributed by atoms with Gasteiger partial charge in [-0.3, -0.25) is 0 Å². The molecule has 0 atom stereocenters. The molecule has 1 heterocycles. The Morgan fingerprint density at radius 2 is 1.35 bits per heavy atom. The standard InChI is InChI=1S/C12H8F7N/c1-6-7-4-2-3-5-8(7)20-9(6)10(13,11(14,15)16)12(17,18)19/h2-5,20H,1H3. The number of halogens is 7. The maximum absolute atomic E-state index is 14.0. The average Bonchev–Trinajstić information content (AvgIpc) is 2.64. The van der Waals surface area contributed by atoms with Crippen LogP contribution in [0.1, 0.15) is 11.3 Å². The first-order valence-electron chi connectivity index (χ1n) is 5.40. The van der Waals surface area contributed by atoms with Gasteiger partial charge in [-0.2, -0.15) is 26.3 Å².